The Hall–Kier alpha value is -2.33. The fourth-order valence-corrected chi connectivity index (χ4v) is 4.36. The van der Waals surface area contributed by atoms with E-state index in [1.165, 1.54) is 16.7 Å². The molecule has 1 aliphatic carbocycles. The van der Waals surface area contributed by atoms with Gasteiger partial charge >= 0.3 is 0 Å². The average Bonchev–Trinajstić information content (AvgIpc) is 3.35. The molecule has 2 aromatic rings. The highest BCUT2D eigenvalue weighted by Crippen LogP contribution is 2.42. The number of hydrogen-bond acceptors (Lipinski definition) is 3. The second kappa shape index (κ2) is 7.12. The molecule has 1 fully saturated rings. The zero-order valence-corrected chi connectivity index (χ0v) is 15.3. The van der Waals surface area contributed by atoms with Crippen LogP contribution in [0.25, 0.3) is 0 Å². The lowest BCUT2D eigenvalue weighted by molar-refractivity contribution is -0.126. The number of benzene rings is 2. The Labute approximate surface area is 155 Å². The van der Waals surface area contributed by atoms with Crippen molar-refractivity contribution in [3.05, 3.63) is 64.7 Å². The summed E-state index contributed by atoms with van der Waals surface area (Å²) in [5.74, 6) is 0.953. The molecule has 1 heterocycles. The van der Waals surface area contributed by atoms with Gasteiger partial charge in [-0.3, -0.25) is 4.79 Å². The molecule has 26 heavy (non-hydrogen) atoms. The molecule has 1 amide bonds. The Morgan fingerprint density at radius 2 is 1.92 bits per heavy atom. The normalized spacial score (nSPS) is 17.7. The van der Waals surface area contributed by atoms with Crippen LogP contribution >= 0.6 is 0 Å². The molecule has 4 heteroatoms. The lowest BCUT2D eigenvalue weighted by atomic mass is 9.78. The molecule has 0 aromatic heterocycles. The molecule has 0 unspecified atom stereocenters. The van der Waals surface area contributed by atoms with Gasteiger partial charge in [0, 0.05) is 19.6 Å². The largest absolute Gasteiger partial charge is 0.497 e. The molecule has 0 bridgehead atoms. The predicted octanol–water partition coefficient (Wildman–Crippen LogP) is 3.43. The number of amides is 1. The number of methoxy groups -OCH3 is 1. The Bertz CT molecular complexity index is 810. The van der Waals surface area contributed by atoms with Gasteiger partial charge in [0.1, 0.15) is 5.75 Å². The molecule has 2 aliphatic rings. The molecular formula is C22H26N2O2. The monoisotopic (exact) mass is 350 g/mol. The molecule has 0 atom stereocenters. The highest BCUT2D eigenvalue weighted by molar-refractivity contribution is 5.88. The van der Waals surface area contributed by atoms with Crippen LogP contribution in [0.1, 0.15) is 47.9 Å². The van der Waals surface area contributed by atoms with Gasteiger partial charge in [-0.15, -0.1) is 0 Å². The summed E-state index contributed by atoms with van der Waals surface area (Å²) < 4.78 is 5.37. The van der Waals surface area contributed by atoms with E-state index < -0.39 is 5.41 Å². The molecule has 2 N–H and O–H groups in total. The van der Waals surface area contributed by atoms with Crippen LogP contribution in [0.3, 0.4) is 0 Å². The third-order valence-corrected chi connectivity index (χ3v) is 5.87. The maximum absolute atomic E-state index is 13.2. The van der Waals surface area contributed by atoms with Crippen LogP contribution in [0, 0.1) is 0 Å². The van der Waals surface area contributed by atoms with Gasteiger partial charge in [0.05, 0.1) is 12.5 Å². The van der Waals surface area contributed by atoms with Gasteiger partial charge in [0.2, 0.25) is 5.91 Å². The number of nitrogens with one attached hydrogen (secondary N) is 2. The minimum absolute atomic E-state index is 0.141. The lowest BCUT2D eigenvalue weighted by Crippen LogP contribution is -2.42. The third-order valence-electron chi connectivity index (χ3n) is 5.87. The van der Waals surface area contributed by atoms with E-state index >= 15 is 0 Å². The van der Waals surface area contributed by atoms with Gasteiger partial charge in [-0.1, -0.05) is 43.2 Å². The molecule has 4 nitrogen and oxygen atoms in total. The maximum Gasteiger partial charge on any atom is 0.230 e. The maximum atomic E-state index is 13.2. The fourth-order valence-electron chi connectivity index (χ4n) is 4.36. The zero-order valence-electron chi connectivity index (χ0n) is 15.3. The summed E-state index contributed by atoms with van der Waals surface area (Å²) in [7, 11) is 1.67. The molecule has 1 aliphatic heterocycles. The van der Waals surface area contributed by atoms with Crippen molar-refractivity contribution in [3.8, 4) is 5.75 Å². The van der Waals surface area contributed by atoms with E-state index in [0.717, 1.165) is 50.1 Å². The number of ether oxygens (including phenoxy) is 1. The Morgan fingerprint density at radius 3 is 2.73 bits per heavy atom. The quantitative estimate of drug-likeness (QED) is 0.869. The number of hydrogen-bond donors (Lipinski definition) is 2. The van der Waals surface area contributed by atoms with E-state index in [0.29, 0.717) is 6.54 Å². The van der Waals surface area contributed by atoms with Crippen molar-refractivity contribution in [1.82, 2.24) is 10.6 Å². The summed E-state index contributed by atoms with van der Waals surface area (Å²) in [6.45, 7) is 2.45. The number of rotatable bonds is 5. The SMILES string of the molecule is COc1cccc(C2(C(=O)NCc3ccc4c(c3)CNC4)CCCC2)c1. The molecular weight excluding hydrogens is 324 g/mol. The first-order chi connectivity index (χ1) is 12.7. The minimum Gasteiger partial charge on any atom is -0.497 e. The third kappa shape index (κ3) is 3.10. The first-order valence-corrected chi connectivity index (χ1v) is 9.45. The highest BCUT2D eigenvalue weighted by Gasteiger charge is 2.42. The van der Waals surface area contributed by atoms with E-state index in [2.05, 4.69) is 34.9 Å². The summed E-state index contributed by atoms with van der Waals surface area (Å²) in [5, 5.41) is 6.57. The highest BCUT2D eigenvalue weighted by atomic mass is 16.5. The van der Waals surface area contributed by atoms with Gasteiger partial charge in [0.25, 0.3) is 0 Å². The Balaban J connectivity index is 1.52. The zero-order chi connectivity index (χ0) is 18.0. The van der Waals surface area contributed by atoms with Crippen molar-refractivity contribution in [3.63, 3.8) is 0 Å². The standard InChI is InChI=1S/C22H26N2O2/c1-26-20-6-4-5-19(12-20)22(9-2-3-10-22)21(25)24-13-16-7-8-17-14-23-15-18(17)11-16/h4-8,11-12,23H,2-3,9-10,13-15H2,1H3,(H,24,25). The molecule has 1 saturated carbocycles. The molecule has 4 rings (SSSR count). The van der Waals surface area contributed by atoms with E-state index in [9.17, 15) is 4.79 Å². The van der Waals surface area contributed by atoms with Crippen LogP contribution in [0.5, 0.6) is 5.75 Å². The van der Waals surface area contributed by atoms with Crippen LogP contribution in [0.4, 0.5) is 0 Å². The van der Waals surface area contributed by atoms with Gasteiger partial charge in [0.15, 0.2) is 0 Å². The molecule has 136 valence electrons. The summed E-state index contributed by atoms with van der Waals surface area (Å²) in [6.07, 6.45) is 3.99. The smallest absolute Gasteiger partial charge is 0.230 e. The van der Waals surface area contributed by atoms with E-state index in [1.807, 2.05) is 18.2 Å². The summed E-state index contributed by atoms with van der Waals surface area (Å²) in [6, 6.07) is 14.5. The topological polar surface area (TPSA) is 50.4 Å². The van der Waals surface area contributed by atoms with Gasteiger partial charge in [-0.2, -0.15) is 0 Å². The summed E-state index contributed by atoms with van der Waals surface area (Å²) >= 11 is 0. The van der Waals surface area contributed by atoms with E-state index in [1.54, 1.807) is 7.11 Å². The van der Waals surface area contributed by atoms with Crippen molar-refractivity contribution in [2.75, 3.05) is 7.11 Å². The number of carbonyl (C=O) groups is 1. The first-order valence-electron chi connectivity index (χ1n) is 9.45. The number of fused-ring (bicyclic) bond motifs is 1. The molecule has 0 spiro atoms. The van der Waals surface area contributed by atoms with Crippen LogP contribution in [0.2, 0.25) is 0 Å². The van der Waals surface area contributed by atoms with Crippen molar-refractivity contribution in [2.24, 2.45) is 0 Å². The van der Waals surface area contributed by atoms with E-state index in [-0.39, 0.29) is 5.91 Å². The average molecular weight is 350 g/mol. The van der Waals surface area contributed by atoms with Crippen LogP contribution in [-0.2, 0) is 29.8 Å². The fraction of sp³-hybridized carbons (Fsp3) is 0.409. The molecule has 2 aromatic carbocycles. The summed E-state index contributed by atoms with van der Waals surface area (Å²) in [4.78, 5) is 13.2. The van der Waals surface area contributed by atoms with Crippen LogP contribution in [0.15, 0.2) is 42.5 Å². The lowest BCUT2D eigenvalue weighted by Gasteiger charge is -2.28. The van der Waals surface area contributed by atoms with Gasteiger partial charge < -0.3 is 15.4 Å². The van der Waals surface area contributed by atoms with Gasteiger partial charge in [-0.25, -0.2) is 0 Å². The molecule has 0 radical (unpaired) electrons. The van der Waals surface area contributed by atoms with E-state index in [4.69, 9.17) is 4.74 Å². The Kier molecular flexibility index (Phi) is 4.68. The van der Waals surface area contributed by atoms with Crippen molar-refractivity contribution >= 4 is 5.91 Å². The minimum atomic E-state index is -0.424. The van der Waals surface area contributed by atoms with Gasteiger partial charge in [-0.05, 0) is 47.2 Å². The Morgan fingerprint density at radius 1 is 1.12 bits per heavy atom. The van der Waals surface area contributed by atoms with Crippen molar-refractivity contribution in [1.29, 1.82) is 0 Å². The number of carbonyl (C=O) groups excluding carboxylic acids is 1. The first kappa shape index (κ1) is 17.1. The van der Waals surface area contributed by atoms with Crippen molar-refractivity contribution < 1.29 is 9.53 Å². The molecule has 0 saturated heterocycles. The summed E-state index contributed by atoms with van der Waals surface area (Å²) in [5.41, 5.74) is 4.53. The van der Waals surface area contributed by atoms with Crippen LogP contribution in [-0.4, -0.2) is 13.0 Å². The van der Waals surface area contributed by atoms with Crippen LogP contribution < -0.4 is 15.4 Å². The van der Waals surface area contributed by atoms with Crippen molar-refractivity contribution in [2.45, 2.75) is 50.7 Å². The second-order valence-corrected chi connectivity index (χ2v) is 7.41. The second-order valence-electron chi connectivity index (χ2n) is 7.41. The predicted molar refractivity (Wildman–Crippen MR) is 102 cm³/mol.